The molecule has 1 unspecified atom stereocenters. The Bertz CT molecular complexity index is 1020. The van der Waals surface area contributed by atoms with Crippen molar-refractivity contribution < 1.29 is 24.2 Å². The van der Waals surface area contributed by atoms with E-state index in [2.05, 4.69) is 0 Å². The number of carbonyl (C=O) groups excluding carboxylic acids is 2. The lowest BCUT2D eigenvalue weighted by Gasteiger charge is -2.28. The number of aliphatic hydroxyl groups is 1. The first-order valence-electron chi connectivity index (χ1n) is 10.5. The Morgan fingerprint density at radius 1 is 1.16 bits per heavy atom. The number of hydrogen-bond donors (Lipinski definition) is 1. The fourth-order valence-electron chi connectivity index (χ4n) is 3.86. The SMILES string of the molecule is CCOc1cc(C2C(C(=O)CC(C)C)=C(O)C(=O)N2c2cccc(C)c2)ccc1OC. The second-order valence-electron chi connectivity index (χ2n) is 8.04. The molecule has 0 aliphatic carbocycles. The van der Waals surface area contributed by atoms with Crippen LogP contribution in [0, 0.1) is 12.8 Å². The molecule has 1 aliphatic rings. The van der Waals surface area contributed by atoms with Crippen LogP contribution in [0.25, 0.3) is 0 Å². The number of ether oxygens (including phenoxy) is 2. The predicted molar refractivity (Wildman–Crippen MR) is 120 cm³/mol. The average molecular weight is 424 g/mol. The van der Waals surface area contributed by atoms with Gasteiger partial charge in [0.25, 0.3) is 5.91 Å². The van der Waals surface area contributed by atoms with Crippen LogP contribution in [-0.2, 0) is 9.59 Å². The summed E-state index contributed by atoms with van der Waals surface area (Å²) < 4.78 is 11.1. The van der Waals surface area contributed by atoms with Gasteiger partial charge in [-0.3, -0.25) is 14.5 Å². The first-order valence-corrected chi connectivity index (χ1v) is 10.5. The van der Waals surface area contributed by atoms with Crippen molar-refractivity contribution in [3.05, 3.63) is 64.9 Å². The summed E-state index contributed by atoms with van der Waals surface area (Å²) in [7, 11) is 1.55. The first-order chi connectivity index (χ1) is 14.8. The summed E-state index contributed by atoms with van der Waals surface area (Å²) in [5.41, 5.74) is 2.36. The number of methoxy groups -OCH3 is 1. The van der Waals surface area contributed by atoms with Crippen LogP contribution in [0.1, 0.15) is 44.4 Å². The lowest BCUT2D eigenvalue weighted by molar-refractivity contribution is -0.118. The van der Waals surface area contributed by atoms with Gasteiger partial charge in [-0.05, 0) is 55.2 Å². The van der Waals surface area contributed by atoms with Gasteiger partial charge in [0, 0.05) is 12.1 Å². The molecule has 0 bridgehead atoms. The van der Waals surface area contributed by atoms with Crippen molar-refractivity contribution in [3.8, 4) is 11.5 Å². The van der Waals surface area contributed by atoms with Crippen LogP contribution in [0.15, 0.2) is 53.8 Å². The zero-order valence-electron chi connectivity index (χ0n) is 18.6. The van der Waals surface area contributed by atoms with Crippen LogP contribution in [0.4, 0.5) is 5.69 Å². The van der Waals surface area contributed by atoms with Crippen molar-refractivity contribution in [2.75, 3.05) is 18.6 Å². The third-order valence-electron chi connectivity index (χ3n) is 5.19. The van der Waals surface area contributed by atoms with E-state index in [1.807, 2.05) is 45.9 Å². The van der Waals surface area contributed by atoms with Crippen molar-refractivity contribution in [2.45, 2.75) is 40.2 Å². The van der Waals surface area contributed by atoms with Gasteiger partial charge in [-0.1, -0.05) is 32.0 Å². The summed E-state index contributed by atoms with van der Waals surface area (Å²) in [5.74, 6) is -0.162. The number of nitrogens with zero attached hydrogens (tertiary/aromatic N) is 1. The molecule has 6 nitrogen and oxygen atoms in total. The van der Waals surface area contributed by atoms with Crippen LogP contribution < -0.4 is 14.4 Å². The zero-order valence-corrected chi connectivity index (χ0v) is 18.6. The number of rotatable bonds is 8. The number of benzene rings is 2. The highest BCUT2D eigenvalue weighted by Crippen LogP contribution is 2.43. The third kappa shape index (κ3) is 4.43. The molecular formula is C25H29NO5. The van der Waals surface area contributed by atoms with E-state index in [9.17, 15) is 14.7 Å². The van der Waals surface area contributed by atoms with Crippen molar-refractivity contribution in [3.63, 3.8) is 0 Å². The predicted octanol–water partition coefficient (Wildman–Crippen LogP) is 4.92. The van der Waals surface area contributed by atoms with E-state index in [1.165, 1.54) is 4.90 Å². The minimum Gasteiger partial charge on any atom is -0.503 e. The van der Waals surface area contributed by atoms with Gasteiger partial charge in [-0.15, -0.1) is 0 Å². The summed E-state index contributed by atoms with van der Waals surface area (Å²) in [6.07, 6.45) is 0.235. The number of hydrogen-bond acceptors (Lipinski definition) is 5. The zero-order chi connectivity index (χ0) is 22.7. The molecule has 1 amide bonds. The molecule has 0 spiro atoms. The number of carbonyl (C=O) groups is 2. The molecule has 0 saturated carbocycles. The summed E-state index contributed by atoms with van der Waals surface area (Å²) >= 11 is 0. The first kappa shape index (κ1) is 22.4. The van der Waals surface area contributed by atoms with Gasteiger partial charge in [-0.25, -0.2) is 0 Å². The number of aliphatic hydroxyl groups excluding tert-OH is 1. The molecule has 31 heavy (non-hydrogen) atoms. The quantitative estimate of drug-likeness (QED) is 0.652. The van der Waals surface area contributed by atoms with Gasteiger partial charge in [0.2, 0.25) is 0 Å². The number of aryl methyl sites for hydroxylation is 1. The molecule has 2 aromatic carbocycles. The fraction of sp³-hybridized carbons (Fsp3) is 0.360. The van der Waals surface area contributed by atoms with Crippen LogP contribution in [0.5, 0.6) is 11.5 Å². The molecule has 0 fully saturated rings. The molecule has 1 N–H and O–H groups in total. The van der Waals surface area contributed by atoms with Crippen molar-refractivity contribution in [2.24, 2.45) is 5.92 Å². The van der Waals surface area contributed by atoms with E-state index in [4.69, 9.17) is 9.47 Å². The van der Waals surface area contributed by atoms with E-state index in [0.717, 1.165) is 5.56 Å². The molecular weight excluding hydrogens is 394 g/mol. The Morgan fingerprint density at radius 2 is 1.90 bits per heavy atom. The number of amides is 1. The fourth-order valence-corrected chi connectivity index (χ4v) is 3.86. The molecule has 6 heteroatoms. The molecule has 0 saturated heterocycles. The average Bonchev–Trinajstić information content (AvgIpc) is 2.98. The number of anilines is 1. The minimum atomic E-state index is -0.759. The molecule has 0 aromatic heterocycles. The van der Waals surface area contributed by atoms with E-state index < -0.39 is 17.7 Å². The Labute approximate surface area is 183 Å². The second-order valence-corrected chi connectivity index (χ2v) is 8.04. The van der Waals surface area contributed by atoms with Gasteiger partial charge in [0.15, 0.2) is 23.0 Å². The lowest BCUT2D eigenvalue weighted by Crippen LogP contribution is -2.31. The van der Waals surface area contributed by atoms with E-state index in [1.54, 1.807) is 31.4 Å². The maximum atomic E-state index is 13.1. The highest BCUT2D eigenvalue weighted by atomic mass is 16.5. The number of ketones is 1. The molecule has 1 heterocycles. The van der Waals surface area contributed by atoms with Gasteiger partial charge < -0.3 is 14.6 Å². The Kier molecular flexibility index (Phi) is 6.68. The maximum absolute atomic E-state index is 13.1. The van der Waals surface area contributed by atoms with Crippen molar-refractivity contribution >= 4 is 17.4 Å². The third-order valence-corrected chi connectivity index (χ3v) is 5.19. The second kappa shape index (κ2) is 9.25. The van der Waals surface area contributed by atoms with Gasteiger partial charge >= 0.3 is 0 Å². The van der Waals surface area contributed by atoms with E-state index in [0.29, 0.717) is 29.4 Å². The number of Topliss-reactive ketones (excluding diaryl/α,β-unsaturated/α-hetero) is 1. The smallest absolute Gasteiger partial charge is 0.294 e. The van der Waals surface area contributed by atoms with E-state index in [-0.39, 0.29) is 23.7 Å². The maximum Gasteiger partial charge on any atom is 0.294 e. The van der Waals surface area contributed by atoms with Gasteiger partial charge in [0.05, 0.1) is 25.3 Å². The molecule has 1 atom stereocenters. The van der Waals surface area contributed by atoms with Crippen LogP contribution in [0.2, 0.25) is 0 Å². The molecule has 3 rings (SSSR count). The van der Waals surface area contributed by atoms with Crippen LogP contribution >= 0.6 is 0 Å². The Hall–Kier alpha value is -3.28. The largest absolute Gasteiger partial charge is 0.503 e. The highest BCUT2D eigenvalue weighted by Gasteiger charge is 2.44. The highest BCUT2D eigenvalue weighted by molar-refractivity contribution is 6.16. The normalized spacial score (nSPS) is 16.3. The molecule has 0 radical (unpaired) electrons. The minimum absolute atomic E-state index is 0.0893. The van der Waals surface area contributed by atoms with Crippen LogP contribution in [-0.4, -0.2) is 30.5 Å². The summed E-state index contributed by atoms with van der Waals surface area (Å²) in [6.45, 7) is 8.09. The van der Waals surface area contributed by atoms with Crippen molar-refractivity contribution in [1.82, 2.24) is 0 Å². The van der Waals surface area contributed by atoms with Gasteiger partial charge in [0.1, 0.15) is 0 Å². The molecule has 2 aromatic rings. The molecule has 164 valence electrons. The van der Waals surface area contributed by atoms with Crippen LogP contribution in [0.3, 0.4) is 0 Å². The summed E-state index contributed by atoms with van der Waals surface area (Å²) in [6, 6.07) is 12.0. The monoisotopic (exact) mass is 423 g/mol. The summed E-state index contributed by atoms with van der Waals surface area (Å²) in [4.78, 5) is 27.7. The van der Waals surface area contributed by atoms with E-state index >= 15 is 0 Å². The Morgan fingerprint density at radius 3 is 2.52 bits per heavy atom. The van der Waals surface area contributed by atoms with Gasteiger partial charge in [-0.2, -0.15) is 0 Å². The summed E-state index contributed by atoms with van der Waals surface area (Å²) in [5, 5.41) is 10.8. The Balaban J connectivity index is 2.19. The molecule has 1 aliphatic heterocycles. The topological polar surface area (TPSA) is 76.1 Å². The standard InChI is InChI=1S/C25H29NO5/c1-6-31-21-14-17(10-11-20(21)30-5)23-22(19(27)12-15(2)3)24(28)25(29)26(23)18-9-7-8-16(4)13-18/h7-11,13-15,23,28H,6,12H2,1-5H3. The lowest BCUT2D eigenvalue weighted by atomic mass is 9.91. The van der Waals surface area contributed by atoms with Crippen molar-refractivity contribution in [1.29, 1.82) is 0 Å².